The second-order valence-corrected chi connectivity index (χ2v) is 6.05. The topological polar surface area (TPSA) is 62.3 Å². The molecule has 2 amide bonds. The Kier molecular flexibility index (Phi) is 5.94. The molecule has 0 unspecified atom stereocenters. The van der Waals surface area contributed by atoms with Crippen LogP contribution in [-0.4, -0.2) is 16.8 Å². The third-order valence-corrected chi connectivity index (χ3v) is 4.07. The van der Waals surface area contributed by atoms with E-state index in [1.165, 1.54) is 0 Å². The van der Waals surface area contributed by atoms with Crippen molar-refractivity contribution >= 4 is 23.3 Å². The van der Waals surface area contributed by atoms with Crippen molar-refractivity contribution < 1.29 is 9.59 Å². The number of nitrogens with one attached hydrogen (secondary N) is 1. The van der Waals surface area contributed by atoms with E-state index in [9.17, 15) is 9.59 Å². The first-order valence-corrected chi connectivity index (χ1v) is 8.84. The Morgan fingerprint density at radius 2 is 1.74 bits per heavy atom. The predicted molar refractivity (Wildman–Crippen MR) is 107 cm³/mol. The molecule has 0 bridgehead atoms. The Bertz CT molecular complexity index is 911. The lowest BCUT2D eigenvalue weighted by Gasteiger charge is -2.22. The van der Waals surface area contributed by atoms with Crippen molar-refractivity contribution in [2.24, 2.45) is 0 Å². The van der Waals surface area contributed by atoms with Gasteiger partial charge in [0.15, 0.2) is 0 Å². The maximum Gasteiger partial charge on any atom is 0.259 e. The first-order chi connectivity index (χ1) is 13.2. The normalized spacial score (nSPS) is 10.3. The molecule has 3 rings (SSSR count). The Balaban J connectivity index is 1.91. The molecule has 0 spiro atoms. The highest BCUT2D eigenvalue weighted by Gasteiger charge is 2.19. The number of amides is 2. The van der Waals surface area contributed by atoms with Crippen molar-refractivity contribution in [3.05, 3.63) is 90.1 Å². The lowest BCUT2D eigenvalue weighted by Crippen LogP contribution is -2.31. The van der Waals surface area contributed by atoms with Gasteiger partial charge in [0.2, 0.25) is 5.91 Å². The van der Waals surface area contributed by atoms with Crippen molar-refractivity contribution in [1.82, 2.24) is 4.98 Å². The summed E-state index contributed by atoms with van der Waals surface area (Å²) in [6.45, 7) is 2.19. The average molecular weight is 359 g/mol. The fourth-order valence-electron chi connectivity index (χ4n) is 2.67. The average Bonchev–Trinajstić information content (AvgIpc) is 2.73. The van der Waals surface area contributed by atoms with E-state index in [4.69, 9.17) is 0 Å². The third-order valence-electron chi connectivity index (χ3n) is 4.07. The van der Waals surface area contributed by atoms with Gasteiger partial charge in [-0.1, -0.05) is 49.4 Å². The van der Waals surface area contributed by atoms with Crippen molar-refractivity contribution in [2.45, 2.75) is 19.9 Å². The summed E-state index contributed by atoms with van der Waals surface area (Å²) in [7, 11) is 0. The van der Waals surface area contributed by atoms with Crippen LogP contribution in [-0.2, 0) is 11.3 Å². The molecule has 0 saturated heterocycles. The molecule has 0 aliphatic heterocycles. The van der Waals surface area contributed by atoms with Crippen LogP contribution in [0.3, 0.4) is 0 Å². The second kappa shape index (κ2) is 8.76. The van der Waals surface area contributed by atoms with Crippen molar-refractivity contribution in [3.63, 3.8) is 0 Å². The van der Waals surface area contributed by atoms with Gasteiger partial charge in [-0.05, 0) is 35.9 Å². The summed E-state index contributed by atoms with van der Waals surface area (Å²) in [5, 5.41) is 2.79. The number of benzene rings is 2. The van der Waals surface area contributed by atoms with Gasteiger partial charge in [0.1, 0.15) is 5.82 Å². The highest BCUT2D eigenvalue weighted by atomic mass is 16.2. The zero-order valence-corrected chi connectivity index (χ0v) is 15.1. The number of hydrogen-bond acceptors (Lipinski definition) is 3. The lowest BCUT2D eigenvalue weighted by molar-refractivity contribution is -0.115. The molecular weight excluding hydrogens is 338 g/mol. The van der Waals surface area contributed by atoms with Crippen LogP contribution in [0.15, 0.2) is 79.0 Å². The van der Waals surface area contributed by atoms with Crippen LogP contribution in [0.5, 0.6) is 0 Å². The fraction of sp³-hybridized carbons (Fsp3) is 0.136. The highest BCUT2D eigenvalue weighted by Crippen LogP contribution is 2.20. The number of carbonyl (C=O) groups excluding carboxylic acids is 2. The molecule has 136 valence electrons. The number of pyridine rings is 1. The zero-order chi connectivity index (χ0) is 19.1. The molecule has 1 heterocycles. The van der Waals surface area contributed by atoms with E-state index < -0.39 is 0 Å². The van der Waals surface area contributed by atoms with Crippen LogP contribution in [0.2, 0.25) is 0 Å². The first-order valence-electron chi connectivity index (χ1n) is 8.84. The molecule has 5 nitrogen and oxygen atoms in total. The molecule has 0 saturated carbocycles. The molecule has 0 fully saturated rings. The summed E-state index contributed by atoms with van der Waals surface area (Å²) in [5.41, 5.74) is 2.10. The van der Waals surface area contributed by atoms with Crippen molar-refractivity contribution in [3.8, 4) is 0 Å². The van der Waals surface area contributed by atoms with Crippen LogP contribution in [0, 0.1) is 0 Å². The quantitative estimate of drug-likeness (QED) is 0.715. The van der Waals surface area contributed by atoms with Crippen LogP contribution in [0.4, 0.5) is 11.5 Å². The van der Waals surface area contributed by atoms with Gasteiger partial charge in [-0.25, -0.2) is 4.98 Å². The number of aromatic nitrogens is 1. The predicted octanol–water partition coefficient (Wildman–Crippen LogP) is 4.28. The number of hydrogen-bond donors (Lipinski definition) is 1. The van der Waals surface area contributed by atoms with Gasteiger partial charge in [-0.3, -0.25) is 14.5 Å². The van der Waals surface area contributed by atoms with Crippen molar-refractivity contribution in [2.75, 3.05) is 10.2 Å². The molecule has 5 heteroatoms. The van der Waals surface area contributed by atoms with Crippen LogP contribution >= 0.6 is 0 Å². The minimum atomic E-state index is -0.176. The molecular formula is C22H21N3O2. The van der Waals surface area contributed by atoms with E-state index >= 15 is 0 Å². The van der Waals surface area contributed by atoms with Crippen LogP contribution in [0.25, 0.3) is 0 Å². The molecule has 0 radical (unpaired) electrons. The largest absolute Gasteiger partial charge is 0.326 e. The molecule has 27 heavy (non-hydrogen) atoms. The molecule has 1 N–H and O–H groups in total. The Morgan fingerprint density at radius 1 is 0.963 bits per heavy atom. The molecule has 2 aromatic carbocycles. The highest BCUT2D eigenvalue weighted by molar-refractivity contribution is 6.06. The van der Waals surface area contributed by atoms with Crippen LogP contribution < -0.4 is 10.2 Å². The Morgan fingerprint density at radius 3 is 2.44 bits per heavy atom. The molecule has 3 aromatic rings. The zero-order valence-electron chi connectivity index (χ0n) is 15.1. The van der Waals surface area contributed by atoms with Gasteiger partial charge in [-0.2, -0.15) is 0 Å². The number of carbonyl (C=O) groups is 2. The molecule has 0 atom stereocenters. The van der Waals surface area contributed by atoms with E-state index in [-0.39, 0.29) is 11.8 Å². The van der Waals surface area contributed by atoms with E-state index in [2.05, 4.69) is 10.3 Å². The summed E-state index contributed by atoms with van der Waals surface area (Å²) in [6.07, 6.45) is 2.05. The van der Waals surface area contributed by atoms with E-state index in [1.54, 1.807) is 42.3 Å². The van der Waals surface area contributed by atoms with E-state index in [1.807, 2.05) is 48.5 Å². The maximum atomic E-state index is 13.2. The number of anilines is 2. The fourth-order valence-corrected chi connectivity index (χ4v) is 2.67. The van der Waals surface area contributed by atoms with E-state index in [0.29, 0.717) is 30.0 Å². The molecule has 0 aliphatic rings. The second-order valence-electron chi connectivity index (χ2n) is 6.05. The van der Waals surface area contributed by atoms with Gasteiger partial charge in [-0.15, -0.1) is 0 Å². The first kappa shape index (κ1) is 18.3. The smallest absolute Gasteiger partial charge is 0.259 e. The van der Waals surface area contributed by atoms with Crippen LogP contribution in [0.1, 0.15) is 29.3 Å². The van der Waals surface area contributed by atoms with Gasteiger partial charge < -0.3 is 5.32 Å². The monoisotopic (exact) mass is 359 g/mol. The van der Waals surface area contributed by atoms with Gasteiger partial charge >= 0.3 is 0 Å². The molecule has 0 aliphatic carbocycles. The maximum absolute atomic E-state index is 13.2. The SMILES string of the molecule is CCC(=O)Nc1cccc(C(=O)N(Cc2ccccc2)c2ccccn2)c1. The summed E-state index contributed by atoms with van der Waals surface area (Å²) in [5.74, 6) is 0.310. The molecule has 1 aromatic heterocycles. The summed E-state index contributed by atoms with van der Waals surface area (Å²) < 4.78 is 0. The van der Waals surface area contributed by atoms with E-state index in [0.717, 1.165) is 5.56 Å². The summed E-state index contributed by atoms with van der Waals surface area (Å²) >= 11 is 0. The minimum absolute atomic E-state index is 0.0922. The lowest BCUT2D eigenvalue weighted by atomic mass is 10.1. The number of rotatable bonds is 6. The van der Waals surface area contributed by atoms with Crippen molar-refractivity contribution in [1.29, 1.82) is 0 Å². The standard InChI is InChI=1S/C22H21N3O2/c1-2-21(26)24-19-12-8-11-18(15-19)22(27)25(20-13-6-7-14-23-20)16-17-9-4-3-5-10-17/h3-15H,2,16H2,1H3,(H,24,26). The third kappa shape index (κ3) is 4.79. The minimum Gasteiger partial charge on any atom is -0.326 e. The summed E-state index contributed by atoms with van der Waals surface area (Å²) in [6, 6.07) is 22.2. The Hall–Kier alpha value is -3.47. The van der Waals surface area contributed by atoms with Gasteiger partial charge in [0, 0.05) is 23.9 Å². The Labute approximate surface area is 158 Å². The van der Waals surface area contributed by atoms with Gasteiger partial charge in [0.25, 0.3) is 5.91 Å². The van der Waals surface area contributed by atoms with Gasteiger partial charge in [0.05, 0.1) is 6.54 Å². The summed E-state index contributed by atoms with van der Waals surface area (Å²) in [4.78, 5) is 30.8. The number of nitrogens with zero attached hydrogens (tertiary/aromatic N) is 2.